The van der Waals surface area contributed by atoms with Gasteiger partial charge in [-0.3, -0.25) is 10.6 Å². The molecular formula is C15H32N2O5. The Balaban J connectivity index is 0.000000224. The molecule has 0 aromatic rings. The Kier molecular flexibility index (Phi) is 10.9. The van der Waals surface area contributed by atoms with Gasteiger partial charge in [-0.15, -0.1) is 0 Å². The van der Waals surface area contributed by atoms with Crippen LogP contribution in [0, 0.1) is 0 Å². The van der Waals surface area contributed by atoms with E-state index in [9.17, 15) is 0 Å². The Morgan fingerprint density at radius 3 is 2.32 bits per heavy atom. The van der Waals surface area contributed by atoms with E-state index in [1.165, 1.54) is 0 Å². The maximum Gasteiger partial charge on any atom is 0.189 e. The molecule has 2 heterocycles. The Labute approximate surface area is 134 Å². The van der Waals surface area contributed by atoms with Crippen molar-refractivity contribution >= 4 is 0 Å². The van der Waals surface area contributed by atoms with Crippen molar-refractivity contribution in [2.75, 3.05) is 59.6 Å². The molecule has 0 saturated carbocycles. The number of hydrogen-bond donors (Lipinski definition) is 2. The standard InChI is InChI=1S/C8H17NO3.C7H15NO2/c1-3-9-7-10-6-8(2)11-4-5-12-8;1-2-8-6-10-7-3-4-9-5-7/h9H,3-7H2,1-2H3;7-8H,2-6H2,1H3. The van der Waals surface area contributed by atoms with E-state index in [0.29, 0.717) is 39.4 Å². The quantitative estimate of drug-likeness (QED) is 0.478. The highest BCUT2D eigenvalue weighted by Gasteiger charge is 2.30. The van der Waals surface area contributed by atoms with Gasteiger partial charge in [0.15, 0.2) is 5.79 Å². The smallest absolute Gasteiger partial charge is 0.189 e. The lowest BCUT2D eigenvalue weighted by Crippen LogP contribution is -2.33. The average molecular weight is 320 g/mol. The molecule has 2 N–H and O–H groups in total. The van der Waals surface area contributed by atoms with Gasteiger partial charge in [-0.2, -0.15) is 0 Å². The molecule has 0 aromatic heterocycles. The average Bonchev–Trinajstić information content (AvgIpc) is 3.17. The maximum absolute atomic E-state index is 5.41. The third-order valence-corrected chi connectivity index (χ3v) is 3.28. The molecule has 0 aliphatic carbocycles. The first kappa shape index (κ1) is 19.8. The fourth-order valence-corrected chi connectivity index (χ4v) is 1.97. The van der Waals surface area contributed by atoms with E-state index in [-0.39, 0.29) is 0 Å². The zero-order chi connectivity index (χ0) is 16.1. The minimum absolute atomic E-state index is 0.332. The fraction of sp³-hybridized carbons (Fsp3) is 1.00. The molecule has 2 fully saturated rings. The summed E-state index contributed by atoms with van der Waals surface area (Å²) in [4.78, 5) is 0. The van der Waals surface area contributed by atoms with E-state index < -0.39 is 5.79 Å². The molecule has 132 valence electrons. The number of ether oxygens (including phenoxy) is 5. The summed E-state index contributed by atoms with van der Waals surface area (Å²) in [6.07, 6.45) is 1.38. The number of rotatable bonds is 9. The van der Waals surface area contributed by atoms with Crippen molar-refractivity contribution in [3.8, 4) is 0 Å². The third kappa shape index (κ3) is 8.99. The lowest BCUT2D eigenvalue weighted by Gasteiger charge is -2.21. The third-order valence-electron chi connectivity index (χ3n) is 3.28. The van der Waals surface area contributed by atoms with Crippen LogP contribution in [0.15, 0.2) is 0 Å². The predicted octanol–water partition coefficient (Wildman–Crippen LogP) is 0.692. The highest BCUT2D eigenvalue weighted by Crippen LogP contribution is 2.18. The molecular weight excluding hydrogens is 288 g/mol. The highest BCUT2D eigenvalue weighted by molar-refractivity contribution is 4.66. The van der Waals surface area contributed by atoms with Crippen molar-refractivity contribution < 1.29 is 23.7 Å². The predicted molar refractivity (Wildman–Crippen MR) is 83.7 cm³/mol. The zero-order valence-electron chi connectivity index (χ0n) is 14.2. The van der Waals surface area contributed by atoms with Crippen LogP contribution < -0.4 is 10.6 Å². The number of hydrogen-bond acceptors (Lipinski definition) is 7. The van der Waals surface area contributed by atoms with Gasteiger partial charge in [-0.1, -0.05) is 13.8 Å². The van der Waals surface area contributed by atoms with E-state index in [1.54, 1.807) is 0 Å². The van der Waals surface area contributed by atoms with E-state index in [2.05, 4.69) is 17.6 Å². The van der Waals surface area contributed by atoms with Crippen molar-refractivity contribution in [1.82, 2.24) is 10.6 Å². The Hall–Kier alpha value is -0.280. The summed E-state index contributed by atoms with van der Waals surface area (Å²) in [7, 11) is 0. The van der Waals surface area contributed by atoms with Crippen molar-refractivity contribution in [3.05, 3.63) is 0 Å². The monoisotopic (exact) mass is 320 g/mol. The van der Waals surface area contributed by atoms with Crippen LogP contribution in [0.5, 0.6) is 0 Å². The molecule has 0 spiro atoms. The summed E-state index contributed by atoms with van der Waals surface area (Å²) < 4.78 is 26.5. The molecule has 7 heteroatoms. The van der Waals surface area contributed by atoms with E-state index >= 15 is 0 Å². The summed E-state index contributed by atoms with van der Waals surface area (Å²) >= 11 is 0. The van der Waals surface area contributed by atoms with E-state index in [4.69, 9.17) is 23.7 Å². The van der Waals surface area contributed by atoms with Crippen LogP contribution in [-0.2, 0) is 23.7 Å². The topological polar surface area (TPSA) is 70.2 Å². The molecule has 0 bridgehead atoms. The molecule has 1 atom stereocenters. The Bertz CT molecular complexity index is 256. The molecule has 1 unspecified atom stereocenters. The molecule has 2 saturated heterocycles. The summed E-state index contributed by atoms with van der Waals surface area (Å²) in [5, 5.41) is 6.15. The Morgan fingerprint density at radius 2 is 1.73 bits per heavy atom. The lowest BCUT2D eigenvalue weighted by molar-refractivity contribution is -0.181. The normalized spacial score (nSPS) is 23.3. The minimum atomic E-state index is -0.518. The molecule has 0 aromatic carbocycles. The largest absolute Gasteiger partial charge is 0.379 e. The van der Waals surface area contributed by atoms with Gasteiger partial charge in [0.1, 0.15) is 6.61 Å². The van der Waals surface area contributed by atoms with Gasteiger partial charge >= 0.3 is 0 Å². The first-order valence-electron chi connectivity index (χ1n) is 8.16. The molecule has 2 rings (SSSR count). The van der Waals surface area contributed by atoms with Gasteiger partial charge in [0.05, 0.1) is 39.4 Å². The molecule has 0 radical (unpaired) electrons. The summed E-state index contributed by atoms with van der Waals surface area (Å²) in [6, 6.07) is 0. The minimum Gasteiger partial charge on any atom is -0.379 e. The fourth-order valence-electron chi connectivity index (χ4n) is 1.97. The van der Waals surface area contributed by atoms with Gasteiger partial charge in [-0.05, 0) is 26.4 Å². The van der Waals surface area contributed by atoms with Gasteiger partial charge in [0, 0.05) is 6.61 Å². The van der Waals surface area contributed by atoms with Crippen molar-refractivity contribution in [3.63, 3.8) is 0 Å². The highest BCUT2D eigenvalue weighted by atomic mass is 16.7. The maximum atomic E-state index is 5.41. The van der Waals surface area contributed by atoms with Crippen LogP contribution in [0.2, 0.25) is 0 Å². The van der Waals surface area contributed by atoms with Gasteiger partial charge in [-0.25, -0.2) is 0 Å². The molecule has 7 nitrogen and oxygen atoms in total. The summed E-state index contributed by atoms with van der Waals surface area (Å²) in [5.41, 5.74) is 0. The van der Waals surface area contributed by atoms with Gasteiger partial charge in [0.2, 0.25) is 0 Å². The van der Waals surface area contributed by atoms with E-state index in [0.717, 1.165) is 32.7 Å². The van der Waals surface area contributed by atoms with Crippen molar-refractivity contribution in [2.45, 2.75) is 39.1 Å². The molecule has 22 heavy (non-hydrogen) atoms. The van der Waals surface area contributed by atoms with E-state index in [1.807, 2.05) is 13.8 Å². The van der Waals surface area contributed by atoms with Crippen LogP contribution >= 0.6 is 0 Å². The second-order valence-electron chi connectivity index (χ2n) is 5.33. The second-order valence-corrected chi connectivity index (χ2v) is 5.33. The number of nitrogens with one attached hydrogen (secondary N) is 2. The van der Waals surface area contributed by atoms with Crippen LogP contribution in [0.1, 0.15) is 27.2 Å². The molecule has 0 amide bonds. The zero-order valence-corrected chi connectivity index (χ0v) is 14.2. The van der Waals surface area contributed by atoms with Gasteiger partial charge in [0.25, 0.3) is 0 Å². The van der Waals surface area contributed by atoms with Crippen LogP contribution in [0.25, 0.3) is 0 Å². The SMILES string of the molecule is CCNCOC1CCOC1.CCNCOCC1(C)OCCO1. The van der Waals surface area contributed by atoms with Gasteiger partial charge < -0.3 is 23.7 Å². The lowest BCUT2D eigenvalue weighted by atomic mass is 10.3. The van der Waals surface area contributed by atoms with Crippen LogP contribution in [-0.4, -0.2) is 71.5 Å². The van der Waals surface area contributed by atoms with Crippen molar-refractivity contribution in [1.29, 1.82) is 0 Å². The van der Waals surface area contributed by atoms with Crippen LogP contribution in [0.3, 0.4) is 0 Å². The van der Waals surface area contributed by atoms with Crippen molar-refractivity contribution in [2.24, 2.45) is 0 Å². The summed E-state index contributed by atoms with van der Waals surface area (Å²) in [5.74, 6) is -0.518. The molecule has 2 aliphatic rings. The Morgan fingerprint density at radius 1 is 1.05 bits per heavy atom. The second kappa shape index (κ2) is 12.2. The first-order chi connectivity index (χ1) is 10.7. The van der Waals surface area contributed by atoms with Crippen LogP contribution in [0.4, 0.5) is 0 Å². The summed E-state index contributed by atoms with van der Waals surface area (Å²) in [6.45, 7) is 12.5. The molecule has 2 aliphatic heterocycles. The first-order valence-corrected chi connectivity index (χ1v) is 8.16.